The Morgan fingerprint density at radius 1 is 1.88 bits per heavy atom. The summed E-state index contributed by atoms with van der Waals surface area (Å²) in [5.41, 5.74) is 1.44. The molecule has 0 aliphatic rings. The maximum atomic E-state index is 4.53. The summed E-state index contributed by atoms with van der Waals surface area (Å²) < 4.78 is 0. The Labute approximate surface area is 56.6 Å². The fourth-order valence-electron chi connectivity index (χ4n) is 0.345. The highest BCUT2D eigenvalue weighted by molar-refractivity contribution is 7.79. The van der Waals surface area contributed by atoms with Gasteiger partial charge in [0.1, 0.15) is 0 Å². The maximum Gasteiger partial charge on any atom is 0.187 e. The van der Waals surface area contributed by atoms with Crippen LogP contribution in [0.4, 0.5) is 5.13 Å². The molecule has 1 heterocycles. The van der Waals surface area contributed by atoms with E-state index in [-0.39, 0.29) is 0 Å². The zero-order valence-electron chi connectivity index (χ0n) is 4.00. The van der Waals surface area contributed by atoms with Crippen molar-refractivity contribution in [2.75, 3.05) is 5.32 Å². The number of nitrogens with zero attached hydrogens (tertiary/aromatic N) is 1. The van der Waals surface area contributed by atoms with Gasteiger partial charge in [0.05, 0.1) is 5.49 Å². The Morgan fingerprint density at radius 2 is 2.75 bits per heavy atom. The number of nitrogens with one attached hydrogen (secondary N) is 1. The SMILES string of the molecule is S=CNc1nccs1. The van der Waals surface area contributed by atoms with E-state index in [1.165, 1.54) is 16.8 Å². The number of thiazole rings is 1. The van der Waals surface area contributed by atoms with Gasteiger partial charge in [0.2, 0.25) is 0 Å². The molecule has 1 N–H and O–H groups in total. The number of hydrogen-bond donors (Lipinski definition) is 1. The average molecular weight is 144 g/mol. The lowest BCUT2D eigenvalue weighted by Gasteiger charge is -1.85. The topological polar surface area (TPSA) is 24.9 Å². The van der Waals surface area contributed by atoms with Crippen LogP contribution in [0.15, 0.2) is 11.6 Å². The van der Waals surface area contributed by atoms with E-state index >= 15 is 0 Å². The van der Waals surface area contributed by atoms with E-state index < -0.39 is 0 Å². The number of rotatable bonds is 2. The third kappa shape index (κ3) is 1.24. The van der Waals surface area contributed by atoms with E-state index in [1.54, 1.807) is 6.20 Å². The van der Waals surface area contributed by atoms with E-state index in [0.29, 0.717) is 0 Å². The monoisotopic (exact) mass is 144 g/mol. The molecule has 0 aliphatic carbocycles. The summed E-state index contributed by atoms with van der Waals surface area (Å²) in [5.74, 6) is 0. The largest absolute Gasteiger partial charge is 0.329 e. The standard InChI is InChI=1S/C4H4N2S2/c7-3-6-4-5-1-2-8-4/h1-3H,(H,5,6,7). The minimum atomic E-state index is 0.847. The Kier molecular flexibility index (Phi) is 1.93. The third-order valence-corrected chi connectivity index (χ3v) is 1.44. The molecule has 0 spiro atoms. The predicted octanol–water partition coefficient (Wildman–Crippen LogP) is 1.51. The van der Waals surface area contributed by atoms with Crippen molar-refractivity contribution in [3.05, 3.63) is 11.6 Å². The van der Waals surface area contributed by atoms with E-state index in [2.05, 4.69) is 22.5 Å². The summed E-state index contributed by atoms with van der Waals surface area (Å²) >= 11 is 6.06. The number of hydrogen-bond acceptors (Lipinski definition) is 3. The van der Waals surface area contributed by atoms with Gasteiger partial charge in [0.15, 0.2) is 5.13 Å². The maximum absolute atomic E-state index is 4.53. The highest BCUT2D eigenvalue weighted by Gasteiger charge is 1.85. The van der Waals surface area contributed by atoms with Gasteiger partial charge in [-0.2, -0.15) is 0 Å². The minimum absolute atomic E-state index is 0.847. The van der Waals surface area contributed by atoms with Crippen LogP contribution in [0.1, 0.15) is 0 Å². The Bertz CT molecular complexity index is 159. The molecule has 0 atom stereocenters. The molecule has 0 saturated carbocycles. The van der Waals surface area contributed by atoms with Crippen LogP contribution in [0, 0.1) is 0 Å². The van der Waals surface area contributed by atoms with Gasteiger partial charge in [-0.25, -0.2) is 4.98 Å². The molecule has 2 nitrogen and oxygen atoms in total. The molecular formula is C4H4N2S2. The van der Waals surface area contributed by atoms with Crippen molar-refractivity contribution in [3.63, 3.8) is 0 Å². The second-order valence-corrected chi connectivity index (χ2v) is 2.23. The first-order valence-corrected chi connectivity index (χ1v) is 3.38. The highest BCUT2D eigenvalue weighted by Crippen LogP contribution is 2.07. The molecule has 0 radical (unpaired) electrons. The van der Waals surface area contributed by atoms with Gasteiger partial charge in [-0.1, -0.05) is 12.2 Å². The molecule has 0 fully saturated rings. The predicted molar refractivity (Wildman–Crippen MR) is 39.4 cm³/mol. The molecule has 0 unspecified atom stereocenters. The summed E-state index contributed by atoms with van der Waals surface area (Å²) in [4.78, 5) is 3.92. The van der Waals surface area contributed by atoms with Crippen LogP contribution in [0.2, 0.25) is 0 Å². The van der Waals surface area contributed by atoms with Gasteiger partial charge < -0.3 is 5.32 Å². The van der Waals surface area contributed by atoms with E-state index in [0.717, 1.165) is 5.13 Å². The zero-order chi connectivity index (χ0) is 5.82. The lowest BCUT2D eigenvalue weighted by molar-refractivity contribution is 1.42. The Morgan fingerprint density at radius 3 is 3.25 bits per heavy atom. The quantitative estimate of drug-likeness (QED) is 0.637. The molecule has 0 aliphatic heterocycles. The third-order valence-electron chi connectivity index (χ3n) is 0.615. The summed E-state index contributed by atoms with van der Waals surface area (Å²) in [5, 5.41) is 5.52. The van der Waals surface area contributed by atoms with E-state index in [1.807, 2.05) is 5.38 Å². The fraction of sp³-hybridized carbons (Fsp3) is 0. The second kappa shape index (κ2) is 2.74. The minimum Gasteiger partial charge on any atom is -0.329 e. The number of thiocarbonyl (C=S) groups is 1. The summed E-state index contributed by atoms with van der Waals surface area (Å²) in [7, 11) is 0. The van der Waals surface area contributed by atoms with Crippen molar-refractivity contribution in [3.8, 4) is 0 Å². The fourth-order valence-corrected chi connectivity index (χ4v) is 1.03. The first-order valence-electron chi connectivity index (χ1n) is 2.03. The first-order chi connectivity index (χ1) is 3.93. The molecule has 42 valence electrons. The summed E-state index contributed by atoms with van der Waals surface area (Å²) in [6.45, 7) is 0. The zero-order valence-corrected chi connectivity index (χ0v) is 5.63. The van der Waals surface area contributed by atoms with Gasteiger partial charge in [0, 0.05) is 11.6 Å². The lowest BCUT2D eigenvalue weighted by Crippen LogP contribution is -1.88. The van der Waals surface area contributed by atoms with Crippen LogP contribution >= 0.6 is 23.6 Å². The van der Waals surface area contributed by atoms with Crippen molar-refractivity contribution in [2.24, 2.45) is 0 Å². The normalized spacial score (nSPS) is 8.50. The van der Waals surface area contributed by atoms with E-state index in [9.17, 15) is 0 Å². The Balaban J connectivity index is 2.62. The smallest absolute Gasteiger partial charge is 0.187 e. The van der Waals surface area contributed by atoms with Gasteiger partial charge in [0.25, 0.3) is 0 Å². The highest BCUT2D eigenvalue weighted by atomic mass is 32.1. The molecule has 1 rings (SSSR count). The lowest BCUT2D eigenvalue weighted by atomic mass is 11.0. The van der Waals surface area contributed by atoms with Crippen LogP contribution in [0.5, 0.6) is 0 Å². The molecule has 0 bridgehead atoms. The van der Waals surface area contributed by atoms with Crippen LogP contribution in [0.25, 0.3) is 0 Å². The molecule has 4 heteroatoms. The number of aromatic nitrogens is 1. The van der Waals surface area contributed by atoms with E-state index in [4.69, 9.17) is 0 Å². The molecule has 1 aromatic rings. The molecule has 0 aromatic carbocycles. The van der Waals surface area contributed by atoms with Crippen LogP contribution in [0.3, 0.4) is 0 Å². The van der Waals surface area contributed by atoms with Crippen LogP contribution in [-0.2, 0) is 0 Å². The summed E-state index contributed by atoms with van der Waals surface area (Å²) in [6, 6.07) is 0. The van der Waals surface area contributed by atoms with Gasteiger partial charge in [-0.3, -0.25) is 0 Å². The average Bonchev–Trinajstić information content (AvgIpc) is 2.19. The first kappa shape index (κ1) is 5.65. The molecule has 1 aromatic heterocycles. The molecule has 0 amide bonds. The van der Waals surface area contributed by atoms with Crippen molar-refractivity contribution >= 4 is 34.2 Å². The Hall–Kier alpha value is -0.480. The van der Waals surface area contributed by atoms with Crippen LogP contribution < -0.4 is 5.32 Å². The molecular weight excluding hydrogens is 140 g/mol. The number of anilines is 1. The molecule has 0 saturated heterocycles. The van der Waals surface area contributed by atoms with Gasteiger partial charge in [-0.15, -0.1) is 11.3 Å². The van der Waals surface area contributed by atoms with Crippen molar-refractivity contribution in [2.45, 2.75) is 0 Å². The second-order valence-electron chi connectivity index (χ2n) is 1.10. The van der Waals surface area contributed by atoms with Crippen molar-refractivity contribution < 1.29 is 0 Å². The van der Waals surface area contributed by atoms with Crippen molar-refractivity contribution in [1.29, 1.82) is 0 Å². The van der Waals surface area contributed by atoms with Crippen LogP contribution in [-0.4, -0.2) is 10.5 Å². The van der Waals surface area contributed by atoms with Gasteiger partial charge in [-0.05, 0) is 0 Å². The van der Waals surface area contributed by atoms with Crippen molar-refractivity contribution in [1.82, 2.24) is 4.98 Å². The molecule has 8 heavy (non-hydrogen) atoms. The summed E-state index contributed by atoms with van der Waals surface area (Å²) in [6.07, 6.45) is 1.73. The van der Waals surface area contributed by atoms with Gasteiger partial charge >= 0.3 is 0 Å².